The van der Waals surface area contributed by atoms with Crippen LogP contribution in [0.5, 0.6) is 0 Å². The van der Waals surface area contributed by atoms with E-state index < -0.39 is 0 Å². The Morgan fingerprint density at radius 1 is 1.35 bits per heavy atom. The number of aromatic nitrogens is 1. The molecule has 0 amide bonds. The average molecular weight is 234 g/mol. The van der Waals surface area contributed by atoms with E-state index in [9.17, 15) is 4.79 Å². The third kappa shape index (κ3) is 3.44. The zero-order chi connectivity index (χ0) is 12.1. The molecule has 1 aliphatic carbocycles. The highest BCUT2D eigenvalue weighted by Gasteiger charge is 2.16. The fourth-order valence-electron chi connectivity index (χ4n) is 2.15. The molecular formula is C13H18N2O2. The van der Waals surface area contributed by atoms with E-state index in [-0.39, 0.29) is 5.97 Å². The number of pyridine rings is 1. The summed E-state index contributed by atoms with van der Waals surface area (Å²) in [5, 5.41) is 0. The number of ether oxygens (including phenoxy) is 1. The molecule has 0 aromatic carbocycles. The predicted molar refractivity (Wildman–Crippen MR) is 65.5 cm³/mol. The first-order chi connectivity index (χ1) is 8.25. The van der Waals surface area contributed by atoms with Crippen molar-refractivity contribution in [2.24, 2.45) is 5.92 Å². The Balaban J connectivity index is 1.82. The molecule has 2 N–H and O–H groups in total. The van der Waals surface area contributed by atoms with Crippen LogP contribution in [0.3, 0.4) is 0 Å². The van der Waals surface area contributed by atoms with Gasteiger partial charge in [0, 0.05) is 0 Å². The standard InChI is InChI=1S/C13H18N2O2/c14-11-6-7-12(15-8-11)13(16)17-9-10-4-2-1-3-5-10/h6-8,10H,1-5,9,14H2. The van der Waals surface area contributed by atoms with Crippen LogP contribution in [0.1, 0.15) is 42.6 Å². The molecule has 4 heteroatoms. The van der Waals surface area contributed by atoms with Crippen LogP contribution in [0.25, 0.3) is 0 Å². The van der Waals surface area contributed by atoms with Crippen LogP contribution in [0.15, 0.2) is 18.3 Å². The molecule has 1 aromatic heterocycles. The summed E-state index contributed by atoms with van der Waals surface area (Å²) in [5.41, 5.74) is 6.38. The third-order valence-electron chi connectivity index (χ3n) is 3.17. The lowest BCUT2D eigenvalue weighted by Crippen LogP contribution is -2.17. The van der Waals surface area contributed by atoms with Crippen molar-refractivity contribution in [1.82, 2.24) is 4.98 Å². The number of nitrogen functional groups attached to an aromatic ring is 1. The van der Waals surface area contributed by atoms with Crippen LogP contribution in [0.2, 0.25) is 0 Å². The highest BCUT2D eigenvalue weighted by atomic mass is 16.5. The largest absolute Gasteiger partial charge is 0.461 e. The smallest absolute Gasteiger partial charge is 0.356 e. The normalized spacial score (nSPS) is 16.7. The van der Waals surface area contributed by atoms with Gasteiger partial charge in [-0.25, -0.2) is 9.78 Å². The summed E-state index contributed by atoms with van der Waals surface area (Å²) in [6.07, 6.45) is 7.62. The van der Waals surface area contributed by atoms with Crippen LogP contribution >= 0.6 is 0 Å². The highest BCUT2D eigenvalue weighted by molar-refractivity contribution is 5.87. The van der Waals surface area contributed by atoms with Gasteiger partial charge in [-0.3, -0.25) is 0 Å². The van der Waals surface area contributed by atoms with E-state index in [1.54, 1.807) is 12.1 Å². The highest BCUT2D eigenvalue weighted by Crippen LogP contribution is 2.23. The lowest BCUT2D eigenvalue weighted by Gasteiger charge is -2.20. The summed E-state index contributed by atoms with van der Waals surface area (Å²) >= 11 is 0. The van der Waals surface area contributed by atoms with Gasteiger partial charge in [0.1, 0.15) is 5.69 Å². The average Bonchev–Trinajstić information content (AvgIpc) is 2.38. The summed E-state index contributed by atoms with van der Waals surface area (Å²) in [4.78, 5) is 15.6. The van der Waals surface area contributed by atoms with Crippen molar-refractivity contribution in [1.29, 1.82) is 0 Å². The van der Waals surface area contributed by atoms with Gasteiger partial charge in [-0.15, -0.1) is 0 Å². The fourth-order valence-corrected chi connectivity index (χ4v) is 2.15. The van der Waals surface area contributed by atoms with Gasteiger partial charge in [0.15, 0.2) is 0 Å². The molecule has 1 saturated carbocycles. The Morgan fingerprint density at radius 3 is 2.76 bits per heavy atom. The van der Waals surface area contributed by atoms with Crippen molar-refractivity contribution in [3.05, 3.63) is 24.0 Å². The van der Waals surface area contributed by atoms with Crippen LogP contribution < -0.4 is 5.73 Å². The topological polar surface area (TPSA) is 65.2 Å². The molecule has 0 aliphatic heterocycles. The van der Waals surface area contributed by atoms with Crippen molar-refractivity contribution >= 4 is 11.7 Å². The minimum atomic E-state index is -0.351. The Bertz CT molecular complexity index is 370. The second kappa shape index (κ2) is 5.66. The quantitative estimate of drug-likeness (QED) is 0.815. The van der Waals surface area contributed by atoms with E-state index in [0.29, 0.717) is 23.9 Å². The minimum absolute atomic E-state index is 0.329. The summed E-state index contributed by atoms with van der Waals surface area (Å²) in [5.74, 6) is 0.178. The molecule has 0 saturated heterocycles. The molecule has 0 radical (unpaired) electrons. The van der Waals surface area contributed by atoms with Gasteiger partial charge in [-0.1, -0.05) is 19.3 Å². The summed E-state index contributed by atoms with van der Waals surface area (Å²) in [7, 11) is 0. The Hall–Kier alpha value is -1.58. The maximum absolute atomic E-state index is 11.7. The van der Waals surface area contributed by atoms with Crippen LogP contribution in [-0.2, 0) is 4.74 Å². The van der Waals surface area contributed by atoms with E-state index in [1.807, 2.05) is 0 Å². The minimum Gasteiger partial charge on any atom is -0.461 e. The molecule has 1 heterocycles. The SMILES string of the molecule is Nc1ccc(C(=O)OCC2CCCCC2)nc1. The summed E-state index contributed by atoms with van der Waals surface area (Å²) in [6, 6.07) is 3.25. The van der Waals surface area contributed by atoms with Crippen molar-refractivity contribution in [3.8, 4) is 0 Å². The number of hydrogen-bond acceptors (Lipinski definition) is 4. The second-order valence-electron chi connectivity index (χ2n) is 4.58. The van der Waals surface area contributed by atoms with E-state index in [0.717, 1.165) is 0 Å². The first kappa shape index (κ1) is 11.9. The number of carbonyl (C=O) groups is 1. The monoisotopic (exact) mass is 234 g/mol. The molecule has 2 rings (SSSR count). The number of esters is 1. The number of nitrogens with two attached hydrogens (primary N) is 1. The van der Waals surface area contributed by atoms with Gasteiger partial charge in [0.05, 0.1) is 18.5 Å². The predicted octanol–water partition coefficient (Wildman–Crippen LogP) is 2.40. The molecule has 0 unspecified atom stereocenters. The number of hydrogen-bond donors (Lipinski definition) is 1. The Morgan fingerprint density at radius 2 is 2.12 bits per heavy atom. The number of carbonyl (C=O) groups excluding carboxylic acids is 1. The Kier molecular flexibility index (Phi) is 3.96. The fraction of sp³-hybridized carbons (Fsp3) is 0.538. The molecule has 1 fully saturated rings. The first-order valence-corrected chi connectivity index (χ1v) is 6.14. The molecule has 0 bridgehead atoms. The zero-order valence-corrected chi connectivity index (χ0v) is 9.89. The lowest BCUT2D eigenvalue weighted by molar-refractivity contribution is 0.0403. The van der Waals surface area contributed by atoms with Gasteiger partial charge in [-0.2, -0.15) is 0 Å². The summed E-state index contributed by atoms with van der Waals surface area (Å²) in [6.45, 7) is 0.519. The zero-order valence-electron chi connectivity index (χ0n) is 9.89. The van der Waals surface area contributed by atoms with E-state index in [2.05, 4.69) is 4.98 Å². The lowest BCUT2D eigenvalue weighted by atomic mass is 9.90. The first-order valence-electron chi connectivity index (χ1n) is 6.14. The van der Waals surface area contributed by atoms with Crippen molar-refractivity contribution in [2.75, 3.05) is 12.3 Å². The van der Waals surface area contributed by atoms with Gasteiger partial charge in [0.25, 0.3) is 0 Å². The molecular weight excluding hydrogens is 216 g/mol. The maximum atomic E-state index is 11.7. The van der Waals surface area contributed by atoms with Crippen LogP contribution in [0.4, 0.5) is 5.69 Å². The van der Waals surface area contributed by atoms with E-state index >= 15 is 0 Å². The molecule has 0 spiro atoms. The molecule has 4 nitrogen and oxygen atoms in total. The van der Waals surface area contributed by atoms with Crippen LogP contribution in [0, 0.1) is 5.92 Å². The molecule has 92 valence electrons. The van der Waals surface area contributed by atoms with Crippen molar-refractivity contribution in [3.63, 3.8) is 0 Å². The number of nitrogens with zero attached hydrogens (tertiary/aromatic N) is 1. The van der Waals surface area contributed by atoms with Crippen LogP contribution in [-0.4, -0.2) is 17.6 Å². The number of anilines is 1. The Labute approximate surface area is 101 Å². The van der Waals surface area contributed by atoms with Gasteiger partial charge in [0.2, 0.25) is 0 Å². The molecule has 1 aliphatic rings. The molecule has 1 aromatic rings. The van der Waals surface area contributed by atoms with E-state index in [1.165, 1.54) is 38.3 Å². The van der Waals surface area contributed by atoms with E-state index in [4.69, 9.17) is 10.5 Å². The van der Waals surface area contributed by atoms with Gasteiger partial charge in [-0.05, 0) is 30.9 Å². The van der Waals surface area contributed by atoms with Gasteiger partial charge < -0.3 is 10.5 Å². The van der Waals surface area contributed by atoms with Crippen molar-refractivity contribution < 1.29 is 9.53 Å². The summed E-state index contributed by atoms with van der Waals surface area (Å²) < 4.78 is 5.27. The van der Waals surface area contributed by atoms with Crippen molar-refractivity contribution in [2.45, 2.75) is 32.1 Å². The molecule has 17 heavy (non-hydrogen) atoms. The van der Waals surface area contributed by atoms with Gasteiger partial charge >= 0.3 is 5.97 Å². The number of rotatable bonds is 3. The molecule has 0 atom stereocenters. The third-order valence-corrected chi connectivity index (χ3v) is 3.17. The maximum Gasteiger partial charge on any atom is 0.356 e. The second-order valence-corrected chi connectivity index (χ2v) is 4.58.